The first-order chi connectivity index (χ1) is 17.7. The van der Waals surface area contributed by atoms with Crippen molar-refractivity contribution in [2.24, 2.45) is 0 Å². The molecule has 2 saturated heterocycles. The van der Waals surface area contributed by atoms with Crippen molar-refractivity contribution < 1.29 is 24.5 Å². The summed E-state index contributed by atoms with van der Waals surface area (Å²) in [6.07, 6.45) is 3.47. The highest BCUT2D eigenvalue weighted by atomic mass is 16.5. The van der Waals surface area contributed by atoms with Crippen molar-refractivity contribution in [2.75, 3.05) is 38.5 Å². The molecule has 2 amide bonds. The molecule has 4 N–H and O–H groups in total. The fourth-order valence-electron chi connectivity index (χ4n) is 5.15. The van der Waals surface area contributed by atoms with Gasteiger partial charge in [-0.3, -0.25) is 9.59 Å². The lowest BCUT2D eigenvalue weighted by Crippen LogP contribution is -2.42. The van der Waals surface area contributed by atoms with Gasteiger partial charge in [0.15, 0.2) is 11.5 Å². The Morgan fingerprint density at radius 3 is 2.73 bits per heavy atom. The minimum atomic E-state index is -1.35. The number of β-amino-alcohol motifs (C(OH)–C–C–N with tert-alkyl or cyclic N) is 1. The number of nitrogen functional groups attached to an aromatic ring is 1. The highest BCUT2D eigenvalue weighted by Gasteiger charge is 2.42. The standard InChI is InChI=1S/C25H31N7O5/c1-25(36)11-17(33)12-31(13-19(25)32-15-29-21-22(26)27-14-28-23(21)32)24(35)16-4-6-18(7-5-16)37-10-9-30-8-2-3-20(30)34/h4-7,14-15,17,19,33,36H,2-3,8-13H2,1H3,(H2,26,27,28)/t17-,19+,25+/m1/s1. The van der Waals surface area contributed by atoms with Crippen molar-refractivity contribution in [2.45, 2.75) is 43.9 Å². The van der Waals surface area contributed by atoms with E-state index in [2.05, 4.69) is 15.0 Å². The summed E-state index contributed by atoms with van der Waals surface area (Å²) in [6.45, 7) is 3.50. The van der Waals surface area contributed by atoms with E-state index in [1.807, 2.05) is 0 Å². The number of likely N-dealkylation sites (tertiary alicyclic amines) is 2. The van der Waals surface area contributed by atoms with Gasteiger partial charge in [0.05, 0.1) is 30.6 Å². The van der Waals surface area contributed by atoms with E-state index in [9.17, 15) is 19.8 Å². The quantitative estimate of drug-likeness (QED) is 0.432. The molecule has 0 unspecified atom stereocenters. The first-order valence-electron chi connectivity index (χ1n) is 12.4. The molecule has 0 spiro atoms. The van der Waals surface area contributed by atoms with Crippen LogP contribution in [0.2, 0.25) is 0 Å². The van der Waals surface area contributed by atoms with Crippen LogP contribution in [0.25, 0.3) is 11.2 Å². The number of aliphatic hydroxyl groups is 2. The molecule has 0 bridgehead atoms. The number of rotatable bonds is 6. The van der Waals surface area contributed by atoms with Crippen molar-refractivity contribution in [1.29, 1.82) is 0 Å². The second kappa shape index (κ2) is 9.94. The average molecular weight is 510 g/mol. The molecule has 3 atom stereocenters. The molecule has 2 fully saturated rings. The Kier molecular flexibility index (Phi) is 6.69. The average Bonchev–Trinajstić information content (AvgIpc) is 3.45. The molecule has 2 aliphatic rings. The number of carbonyl (C=O) groups excluding carboxylic acids is 2. The van der Waals surface area contributed by atoms with Crippen LogP contribution in [0.5, 0.6) is 5.75 Å². The zero-order valence-corrected chi connectivity index (χ0v) is 20.7. The van der Waals surface area contributed by atoms with Crippen LogP contribution in [-0.4, -0.2) is 95.8 Å². The maximum atomic E-state index is 13.5. The SMILES string of the molecule is C[C@]1(O)C[C@@H](O)CN(C(=O)c2ccc(OCCN3CCCC3=O)cc2)C[C@@H]1n1cnc2c(N)ncnc21. The molecule has 37 heavy (non-hydrogen) atoms. The monoisotopic (exact) mass is 509 g/mol. The number of benzene rings is 1. The summed E-state index contributed by atoms with van der Waals surface area (Å²) < 4.78 is 7.44. The van der Waals surface area contributed by atoms with Gasteiger partial charge in [-0.1, -0.05) is 0 Å². The minimum absolute atomic E-state index is 0.0635. The zero-order chi connectivity index (χ0) is 26.2. The lowest BCUT2D eigenvalue weighted by Gasteiger charge is -2.34. The van der Waals surface area contributed by atoms with Crippen molar-refractivity contribution >= 4 is 28.8 Å². The third-order valence-corrected chi connectivity index (χ3v) is 7.10. The van der Waals surface area contributed by atoms with Crippen molar-refractivity contribution in [3.63, 3.8) is 0 Å². The van der Waals surface area contributed by atoms with E-state index in [4.69, 9.17) is 10.5 Å². The summed E-state index contributed by atoms with van der Waals surface area (Å²) in [7, 11) is 0. The Morgan fingerprint density at radius 1 is 1.22 bits per heavy atom. The summed E-state index contributed by atoms with van der Waals surface area (Å²) in [4.78, 5) is 41.0. The van der Waals surface area contributed by atoms with E-state index in [-0.39, 0.29) is 37.1 Å². The van der Waals surface area contributed by atoms with Gasteiger partial charge in [0.25, 0.3) is 5.91 Å². The first-order valence-corrected chi connectivity index (χ1v) is 12.4. The van der Waals surface area contributed by atoms with Gasteiger partial charge in [-0.25, -0.2) is 15.0 Å². The molecular formula is C25H31N7O5. The Labute approximate surface area is 213 Å². The van der Waals surface area contributed by atoms with E-state index in [0.717, 1.165) is 13.0 Å². The first kappa shape index (κ1) is 24.9. The van der Waals surface area contributed by atoms with Crippen LogP contribution in [0.15, 0.2) is 36.9 Å². The van der Waals surface area contributed by atoms with E-state index < -0.39 is 17.7 Å². The topological polar surface area (TPSA) is 160 Å². The number of hydrogen-bond acceptors (Lipinski definition) is 9. The largest absolute Gasteiger partial charge is 0.492 e. The van der Waals surface area contributed by atoms with Crippen LogP contribution in [0.4, 0.5) is 5.82 Å². The summed E-state index contributed by atoms with van der Waals surface area (Å²) in [5.41, 5.74) is 5.86. The van der Waals surface area contributed by atoms with Gasteiger partial charge in [-0.15, -0.1) is 0 Å². The number of amides is 2. The number of aliphatic hydroxyl groups excluding tert-OH is 1. The summed E-state index contributed by atoms with van der Waals surface area (Å²) in [5.74, 6) is 0.692. The molecule has 0 aliphatic carbocycles. The Balaban J connectivity index is 1.31. The van der Waals surface area contributed by atoms with Crippen molar-refractivity contribution in [3.05, 3.63) is 42.5 Å². The van der Waals surface area contributed by atoms with Gasteiger partial charge in [-0.05, 0) is 37.6 Å². The maximum Gasteiger partial charge on any atom is 0.254 e. The number of hydrogen-bond donors (Lipinski definition) is 3. The Morgan fingerprint density at radius 2 is 2.00 bits per heavy atom. The number of anilines is 1. The molecule has 1 aromatic carbocycles. The molecule has 0 radical (unpaired) electrons. The number of carbonyl (C=O) groups is 2. The molecule has 12 nitrogen and oxygen atoms in total. The molecule has 2 aromatic heterocycles. The Hall–Kier alpha value is -3.77. The smallest absolute Gasteiger partial charge is 0.254 e. The number of aromatic nitrogens is 4. The van der Waals surface area contributed by atoms with Gasteiger partial charge in [0.1, 0.15) is 24.2 Å². The van der Waals surface area contributed by atoms with Gasteiger partial charge in [0.2, 0.25) is 5.91 Å². The minimum Gasteiger partial charge on any atom is -0.492 e. The van der Waals surface area contributed by atoms with Crippen molar-refractivity contribution in [3.8, 4) is 5.75 Å². The van der Waals surface area contributed by atoms with Crippen LogP contribution in [0.3, 0.4) is 0 Å². The molecule has 4 heterocycles. The van der Waals surface area contributed by atoms with E-state index in [0.29, 0.717) is 42.0 Å². The normalized spacial score (nSPS) is 24.5. The number of ether oxygens (including phenoxy) is 1. The van der Waals surface area contributed by atoms with Gasteiger partial charge in [0, 0.05) is 38.0 Å². The van der Waals surface area contributed by atoms with Crippen LogP contribution in [-0.2, 0) is 4.79 Å². The molecule has 3 aromatic rings. The summed E-state index contributed by atoms with van der Waals surface area (Å²) in [5, 5.41) is 21.9. The van der Waals surface area contributed by atoms with Crippen LogP contribution in [0, 0.1) is 0 Å². The molecule has 196 valence electrons. The molecule has 0 saturated carbocycles. The lowest BCUT2D eigenvalue weighted by atomic mass is 9.91. The van der Waals surface area contributed by atoms with Gasteiger partial charge >= 0.3 is 0 Å². The number of imidazole rings is 1. The van der Waals surface area contributed by atoms with Crippen LogP contribution >= 0.6 is 0 Å². The second-order valence-electron chi connectivity index (χ2n) is 9.88. The molecule has 5 rings (SSSR count). The van der Waals surface area contributed by atoms with Crippen LogP contribution in [0.1, 0.15) is 42.6 Å². The lowest BCUT2D eigenvalue weighted by molar-refractivity contribution is -0.128. The molecule has 2 aliphatic heterocycles. The van der Waals surface area contributed by atoms with Gasteiger partial charge < -0.3 is 35.1 Å². The number of nitrogens with zero attached hydrogens (tertiary/aromatic N) is 6. The molecule has 12 heteroatoms. The third-order valence-electron chi connectivity index (χ3n) is 7.10. The van der Waals surface area contributed by atoms with Gasteiger partial charge in [-0.2, -0.15) is 0 Å². The third kappa shape index (κ3) is 5.07. The van der Waals surface area contributed by atoms with E-state index in [1.54, 1.807) is 40.7 Å². The molecular weight excluding hydrogens is 478 g/mol. The van der Waals surface area contributed by atoms with E-state index >= 15 is 0 Å². The highest BCUT2D eigenvalue weighted by Crippen LogP contribution is 2.34. The predicted octanol–water partition coefficient (Wildman–Crippen LogP) is 0.609. The number of fused-ring (bicyclic) bond motifs is 1. The zero-order valence-electron chi connectivity index (χ0n) is 20.7. The van der Waals surface area contributed by atoms with Crippen molar-refractivity contribution in [1.82, 2.24) is 29.3 Å². The number of nitrogens with two attached hydrogens (primary N) is 1. The fraction of sp³-hybridized carbons (Fsp3) is 0.480. The second-order valence-corrected chi connectivity index (χ2v) is 9.88. The van der Waals surface area contributed by atoms with Crippen LogP contribution < -0.4 is 10.5 Å². The maximum absolute atomic E-state index is 13.5. The Bertz CT molecular complexity index is 1290. The fourth-order valence-corrected chi connectivity index (χ4v) is 5.15. The highest BCUT2D eigenvalue weighted by molar-refractivity contribution is 5.94. The summed E-state index contributed by atoms with van der Waals surface area (Å²) in [6, 6.07) is 6.13. The predicted molar refractivity (Wildman–Crippen MR) is 134 cm³/mol. The summed E-state index contributed by atoms with van der Waals surface area (Å²) >= 11 is 0. The van der Waals surface area contributed by atoms with E-state index in [1.165, 1.54) is 17.6 Å².